The van der Waals surface area contributed by atoms with E-state index in [4.69, 9.17) is 9.84 Å². The number of hydrogen-bond acceptors (Lipinski definition) is 4. The van der Waals surface area contributed by atoms with E-state index >= 15 is 0 Å². The third kappa shape index (κ3) is 3.33. The van der Waals surface area contributed by atoms with E-state index in [-0.39, 0.29) is 11.8 Å². The number of Topliss-reactive ketones (excluding diaryl/α,β-unsaturated/α-hetero) is 1. The Bertz CT molecular complexity index is 1150. The molecule has 0 amide bonds. The summed E-state index contributed by atoms with van der Waals surface area (Å²) in [4.78, 5) is 13.4. The minimum Gasteiger partial charge on any atom is -0.461 e. The minimum absolute atomic E-state index is 0.0399. The third-order valence-electron chi connectivity index (χ3n) is 5.70. The van der Waals surface area contributed by atoms with Gasteiger partial charge in [0.15, 0.2) is 0 Å². The van der Waals surface area contributed by atoms with Gasteiger partial charge in [0.2, 0.25) is 5.78 Å². The lowest BCUT2D eigenvalue weighted by atomic mass is 9.95. The molecular weight excluding hydrogens is 440 g/mol. The smallest absolute Gasteiger partial charge is 0.251 e. The summed E-state index contributed by atoms with van der Waals surface area (Å²) in [6.45, 7) is 4.08. The molecular formula is C25H21BrN2O2. The molecule has 0 fully saturated rings. The van der Waals surface area contributed by atoms with Crippen LogP contribution in [0.1, 0.15) is 45.1 Å². The second-order valence-electron chi connectivity index (χ2n) is 7.90. The molecule has 0 saturated carbocycles. The average molecular weight is 461 g/mol. The second-order valence-corrected chi connectivity index (χ2v) is 8.81. The molecule has 30 heavy (non-hydrogen) atoms. The first kappa shape index (κ1) is 19.1. The molecule has 2 aliphatic heterocycles. The molecule has 2 atom stereocenters. The van der Waals surface area contributed by atoms with Gasteiger partial charge in [-0.1, -0.05) is 75.6 Å². The quantitative estimate of drug-likeness (QED) is 0.462. The number of fused-ring (bicyclic) bond motifs is 3. The predicted octanol–water partition coefficient (Wildman–Crippen LogP) is 5.82. The molecule has 5 rings (SSSR count). The Morgan fingerprint density at radius 3 is 2.37 bits per heavy atom. The van der Waals surface area contributed by atoms with E-state index in [1.807, 2.05) is 48.3 Å². The van der Waals surface area contributed by atoms with Gasteiger partial charge >= 0.3 is 0 Å². The fraction of sp³-hybridized carbons (Fsp3) is 0.200. The SMILES string of the molecule is Cc1ccc(C(=O)[C@@H]2Oc3ccc(Br)cc3[C@H]3CC(c4ccc(C)cc4)=NN32)cc1. The van der Waals surface area contributed by atoms with Crippen LogP contribution in [0.4, 0.5) is 0 Å². The monoisotopic (exact) mass is 460 g/mol. The van der Waals surface area contributed by atoms with Crippen LogP contribution < -0.4 is 4.74 Å². The third-order valence-corrected chi connectivity index (χ3v) is 6.19. The molecule has 150 valence electrons. The van der Waals surface area contributed by atoms with Gasteiger partial charge in [-0.25, -0.2) is 5.01 Å². The highest BCUT2D eigenvalue weighted by atomic mass is 79.9. The lowest BCUT2D eigenvalue weighted by molar-refractivity contribution is -0.00459. The van der Waals surface area contributed by atoms with Gasteiger partial charge in [-0.2, -0.15) is 5.10 Å². The number of carbonyl (C=O) groups is 1. The van der Waals surface area contributed by atoms with Crippen molar-refractivity contribution in [1.29, 1.82) is 0 Å². The largest absolute Gasteiger partial charge is 0.461 e. The number of benzene rings is 3. The van der Waals surface area contributed by atoms with Crippen LogP contribution in [0, 0.1) is 13.8 Å². The van der Waals surface area contributed by atoms with Crippen molar-refractivity contribution in [2.75, 3.05) is 0 Å². The molecule has 0 spiro atoms. The van der Waals surface area contributed by atoms with Crippen LogP contribution in [-0.4, -0.2) is 22.7 Å². The van der Waals surface area contributed by atoms with Crippen molar-refractivity contribution in [3.05, 3.63) is 99.0 Å². The first-order valence-electron chi connectivity index (χ1n) is 9.99. The molecule has 0 unspecified atom stereocenters. The molecule has 3 aromatic carbocycles. The molecule has 0 aromatic heterocycles. The van der Waals surface area contributed by atoms with Crippen molar-refractivity contribution in [1.82, 2.24) is 5.01 Å². The standard InChI is InChI=1S/C25H21BrN2O2/c1-15-3-7-17(8-4-15)21-14-22-20-13-19(26)11-12-23(20)30-25(28(22)27-21)24(29)18-9-5-16(2)6-10-18/h3-13,22,25H,14H2,1-2H3/t22-,25+/m1/s1. The Morgan fingerprint density at radius 1 is 1.00 bits per heavy atom. The van der Waals surface area contributed by atoms with Gasteiger partial charge in [0.25, 0.3) is 6.23 Å². The van der Waals surface area contributed by atoms with E-state index in [9.17, 15) is 4.79 Å². The van der Waals surface area contributed by atoms with Crippen LogP contribution in [0.25, 0.3) is 0 Å². The highest BCUT2D eigenvalue weighted by Gasteiger charge is 2.43. The van der Waals surface area contributed by atoms with E-state index in [1.165, 1.54) is 5.56 Å². The van der Waals surface area contributed by atoms with Gasteiger partial charge in [0.1, 0.15) is 5.75 Å². The molecule has 0 aliphatic carbocycles. The Kier molecular flexibility index (Phi) is 4.70. The Labute approximate surface area is 184 Å². The highest BCUT2D eigenvalue weighted by molar-refractivity contribution is 9.10. The van der Waals surface area contributed by atoms with Crippen LogP contribution >= 0.6 is 15.9 Å². The number of ketones is 1. The second kappa shape index (κ2) is 7.40. The van der Waals surface area contributed by atoms with Gasteiger partial charge < -0.3 is 4.74 Å². The molecule has 0 radical (unpaired) electrons. The minimum atomic E-state index is -0.783. The van der Waals surface area contributed by atoms with Crippen LogP contribution in [0.15, 0.2) is 76.3 Å². The predicted molar refractivity (Wildman–Crippen MR) is 121 cm³/mol. The van der Waals surface area contributed by atoms with Gasteiger partial charge in [-0.15, -0.1) is 0 Å². The number of halogens is 1. The van der Waals surface area contributed by atoms with Crippen molar-refractivity contribution in [3.8, 4) is 5.75 Å². The number of carbonyl (C=O) groups excluding carboxylic acids is 1. The van der Waals surface area contributed by atoms with Crippen molar-refractivity contribution in [2.45, 2.75) is 32.5 Å². The van der Waals surface area contributed by atoms with Gasteiger partial charge in [0, 0.05) is 22.0 Å². The van der Waals surface area contributed by atoms with E-state index in [0.29, 0.717) is 5.56 Å². The number of rotatable bonds is 3. The summed E-state index contributed by atoms with van der Waals surface area (Å²) in [5.41, 5.74) is 6.04. The number of nitrogens with zero attached hydrogens (tertiary/aromatic N) is 2. The molecule has 2 heterocycles. The average Bonchev–Trinajstić information content (AvgIpc) is 3.19. The normalized spacial score (nSPS) is 19.6. The maximum atomic E-state index is 13.4. The summed E-state index contributed by atoms with van der Waals surface area (Å²) in [5.74, 6) is 0.660. The molecule has 3 aromatic rings. The van der Waals surface area contributed by atoms with E-state index < -0.39 is 6.23 Å². The summed E-state index contributed by atoms with van der Waals surface area (Å²) in [6, 6.07) is 21.9. The fourth-order valence-electron chi connectivity index (χ4n) is 4.01. The number of hydrogen-bond donors (Lipinski definition) is 0. The van der Waals surface area contributed by atoms with Crippen molar-refractivity contribution in [3.63, 3.8) is 0 Å². The summed E-state index contributed by atoms with van der Waals surface area (Å²) >= 11 is 3.56. The summed E-state index contributed by atoms with van der Waals surface area (Å²) in [5, 5.41) is 6.71. The molecule has 0 bridgehead atoms. The van der Waals surface area contributed by atoms with E-state index in [2.05, 4.69) is 53.2 Å². The molecule has 2 aliphatic rings. The molecule has 0 saturated heterocycles. The molecule has 4 nitrogen and oxygen atoms in total. The maximum Gasteiger partial charge on any atom is 0.251 e. The summed E-state index contributed by atoms with van der Waals surface area (Å²) < 4.78 is 7.18. The van der Waals surface area contributed by atoms with Gasteiger partial charge in [-0.3, -0.25) is 4.79 Å². The summed E-state index contributed by atoms with van der Waals surface area (Å²) in [7, 11) is 0. The first-order valence-corrected chi connectivity index (χ1v) is 10.8. The topological polar surface area (TPSA) is 41.9 Å². The number of ether oxygens (including phenoxy) is 1. The zero-order chi connectivity index (χ0) is 20.8. The lowest BCUT2D eigenvalue weighted by Crippen LogP contribution is -2.45. The number of hydrazone groups is 1. The fourth-order valence-corrected chi connectivity index (χ4v) is 4.39. The van der Waals surface area contributed by atoms with Crippen molar-refractivity contribution in [2.24, 2.45) is 5.10 Å². The lowest BCUT2D eigenvalue weighted by Gasteiger charge is -2.37. The highest BCUT2D eigenvalue weighted by Crippen LogP contribution is 2.44. The van der Waals surface area contributed by atoms with Crippen molar-refractivity contribution < 1.29 is 9.53 Å². The zero-order valence-electron chi connectivity index (χ0n) is 16.8. The van der Waals surface area contributed by atoms with E-state index in [0.717, 1.165) is 39.0 Å². The van der Waals surface area contributed by atoms with Crippen LogP contribution in [0.3, 0.4) is 0 Å². The van der Waals surface area contributed by atoms with Crippen LogP contribution in [0.2, 0.25) is 0 Å². The first-order chi connectivity index (χ1) is 14.5. The number of aryl methyl sites for hydroxylation is 2. The maximum absolute atomic E-state index is 13.4. The van der Waals surface area contributed by atoms with Crippen molar-refractivity contribution >= 4 is 27.4 Å². The van der Waals surface area contributed by atoms with Gasteiger partial charge in [0.05, 0.1) is 11.8 Å². The summed E-state index contributed by atoms with van der Waals surface area (Å²) in [6.07, 6.45) is -0.0533. The Hall–Kier alpha value is -2.92. The molecule has 0 N–H and O–H groups in total. The van der Waals surface area contributed by atoms with Crippen LogP contribution in [0.5, 0.6) is 5.75 Å². The Balaban J connectivity index is 1.57. The Morgan fingerprint density at radius 2 is 1.67 bits per heavy atom. The zero-order valence-corrected chi connectivity index (χ0v) is 18.4. The van der Waals surface area contributed by atoms with Crippen LogP contribution in [-0.2, 0) is 0 Å². The molecule has 5 heteroatoms. The van der Waals surface area contributed by atoms with E-state index in [1.54, 1.807) is 0 Å². The van der Waals surface area contributed by atoms with Gasteiger partial charge in [-0.05, 0) is 37.6 Å².